The normalized spacial score (nSPS) is 10.4. The summed E-state index contributed by atoms with van der Waals surface area (Å²) in [5.74, 6) is 3.63. The fourth-order valence-electron chi connectivity index (χ4n) is 4.26. The van der Waals surface area contributed by atoms with Crippen molar-refractivity contribution < 1.29 is 40.2 Å². The van der Waals surface area contributed by atoms with Crippen molar-refractivity contribution in [2.75, 3.05) is 12.4 Å². The summed E-state index contributed by atoms with van der Waals surface area (Å²) < 4.78 is 8.61. The molecule has 12 nitrogen and oxygen atoms in total. The third kappa shape index (κ3) is 8.28. The summed E-state index contributed by atoms with van der Waals surface area (Å²) in [4.78, 5) is 34.7. The van der Waals surface area contributed by atoms with Gasteiger partial charge < -0.3 is 6.74 Å². The van der Waals surface area contributed by atoms with Crippen LogP contribution in [0.1, 0.15) is 1.43 Å². The summed E-state index contributed by atoms with van der Waals surface area (Å²) in [6.45, 7) is 0. The van der Waals surface area contributed by atoms with Crippen LogP contribution in [0.3, 0.4) is 0 Å². The molecule has 224 valence electrons. The molecular weight excluding hydrogens is 611 g/mol. The molecule has 0 bridgehead atoms. The van der Waals surface area contributed by atoms with Gasteiger partial charge in [-0.25, -0.2) is 29.8 Å². The minimum absolute atomic E-state index is 0. The zero-order valence-corrected chi connectivity index (χ0v) is 27.8. The van der Waals surface area contributed by atoms with E-state index >= 15 is 0 Å². The second-order valence-corrected chi connectivity index (χ2v) is 9.76. The average molecular weight is 639 g/mol. The van der Waals surface area contributed by atoms with E-state index in [0.29, 0.717) is 16.9 Å². The molecule has 0 aliphatic rings. The van der Waals surface area contributed by atoms with E-state index in [0.717, 1.165) is 46.3 Å². The summed E-state index contributed by atoms with van der Waals surface area (Å²) in [6.07, 6.45) is 14.1. The van der Waals surface area contributed by atoms with Crippen LogP contribution in [-0.2, 0) is 9.22 Å². The topological polar surface area (TPSA) is 131 Å². The fraction of sp³-hybridized carbons (Fsp3) is 0.0312. The molecule has 5 heterocycles. The standard InChI is InChI=1S/C18H14N6.C14H12N4O2S.Na.H/c1-2-4-14(5-3-1)17-20-12-13-24(17)16-8-11-21-18(23-16)22-15-6-9-19-10-7-15;1-19-20-21-14-16-8-7-12(17-14)18-10-9-15-13(18)11-5-3-2-4-6-11;;/h1-13H,(H,19,21,22,23);2-10H,1H3;;/q;;+1;-1. The Morgan fingerprint density at radius 1 is 0.630 bits per heavy atom. The molecule has 0 saturated heterocycles. The van der Waals surface area contributed by atoms with Gasteiger partial charge in [-0.3, -0.25) is 14.1 Å². The molecule has 7 aromatic rings. The van der Waals surface area contributed by atoms with Gasteiger partial charge in [-0.1, -0.05) is 60.7 Å². The number of aromatic nitrogens is 9. The maximum absolute atomic E-state index is 4.77. The van der Waals surface area contributed by atoms with Crippen LogP contribution in [0, 0.1) is 0 Å². The largest absolute Gasteiger partial charge is 1.00 e. The molecule has 0 aliphatic heterocycles. The van der Waals surface area contributed by atoms with Gasteiger partial charge in [0, 0.05) is 66.4 Å². The van der Waals surface area contributed by atoms with Crippen molar-refractivity contribution in [3.8, 4) is 34.4 Å². The van der Waals surface area contributed by atoms with Gasteiger partial charge in [0.25, 0.3) is 0 Å². The average Bonchev–Trinajstić information content (AvgIpc) is 3.80. The Balaban J connectivity index is 0.000000206. The van der Waals surface area contributed by atoms with Gasteiger partial charge in [-0.05, 0) is 24.3 Å². The van der Waals surface area contributed by atoms with Crippen molar-refractivity contribution in [2.45, 2.75) is 5.16 Å². The van der Waals surface area contributed by atoms with Gasteiger partial charge in [-0.2, -0.15) is 9.32 Å². The van der Waals surface area contributed by atoms with Crippen LogP contribution in [0.15, 0.2) is 140 Å². The first-order valence-electron chi connectivity index (χ1n) is 13.7. The van der Waals surface area contributed by atoms with Crippen LogP contribution < -0.4 is 34.9 Å². The predicted molar refractivity (Wildman–Crippen MR) is 172 cm³/mol. The Hall–Kier alpha value is -4.76. The van der Waals surface area contributed by atoms with Gasteiger partial charge in [0.05, 0.1) is 7.11 Å². The smallest absolute Gasteiger partial charge is 1.00 e. The molecule has 2 aromatic carbocycles. The number of anilines is 2. The first kappa shape index (κ1) is 32.6. The molecule has 0 atom stereocenters. The maximum Gasteiger partial charge on any atom is 1.00 e. The Morgan fingerprint density at radius 3 is 1.78 bits per heavy atom. The molecule has 1 N–H and O–H groups in total. The molecule has 0 amide bonds. The summed E-state index contributed by atoms with van der Waals surface area (Å²) in [5.41, 5.74) is 2.93. The number of hydrogen-bond acceptors (Lipinski definition) is 11. The predicted octanol–water partition coefficient (Wildman–Crippen LogP) is 3.50. The number of pyridine rings is 1. The van der Waals surface area contributed by atoms with Crippen LogP contribution in [0.5, 0.6) is 0 Å². The second kappa shape index (κ2) is 16.5. The van der Waals surface area contributed by atoms with Crippen LogP contribution in [0.4, 0.5) is 11.6 Å². The van der Waals surface area contributed by atoms with Crippen molar-refractivity contribution in [1.82, 2.24) is 44.0 Å². The Kier molecular flexibility index (Phi) is 11.7. The summed E-state index contributed by atoms with van der Waals surface area (Å²) in [7, 11) is 1.43. The molecule has 7 rings (SSSR count). The minimum atomic E-state index is 0. The van der Waals surface area contributed by atoms with Crippen molar-refractivity contribution >= 4 is 23.7 Å². The quantitative estimate of drug-likeness (QED) is 0.0820. The van der Waals surface area contributed by atoms with Crippen LogP contribution in [0.25, 0.3) is 34.4 Å². The van der Waals surface area contributed by atoms with E-state index < -0.39 is 0 Å². The van der Waals surface area contributed by atoms with Crippen LogP contribution >= 0.6 is 12.0 Å². The molecule has 0 radical (unpaired) electrons. The first-order chi connectivity index (χ1) is 22.3. The number of nitrogens with one attached hydrogen (secondary N) is 1. The van der Waals surface area contributed by atoms with E-state index in [4.69, 9.17) is 4.33 Å². The third-order valence-corrected chi connectivity index (χ3v) is 6.76. The number of imidazole rings is 2. The monoisotopic (exact) mass is 638 g/mol. The molecule has 14 heteroatoms. The molecule has 0 fully saturated rings. The van der Waals surface area contributed by atoms with E-state index in [2.05, 4.69) is 45.1 Å². The van der Waals surface area contributed by atoms with E-state index in [1.54, 1.807) is 37.2 Å². The van der Waals surface area contributed by atoms with Gasteiger partial charge in [-0.15, -0.1) is 0 Å². The molecule has 46 heavy (non-hydrogen) atoms. The third-order valence-electron chi connectivity index (χ3n) is 6.21. The number of nitrogens with zero attached hydrogens (tertiary/aromatic N) is 9. The van der Waals surface area contributed by atoms with Crippen molar-refractivity contribution in [3.63, 3.8) is 0 Å². The van der Waals surface area contributed by atoms with Crippen LogP contribution in [-0.4, -0.2) is 51.1 Å². The summed E-state index contributed by atoms with van der Waals surface area (Å²) in [6, 6.07) is 27.3. The van der Waals surface area contributed by atoms with Crippen LogP contribution in [0.2, 0.25) is 0 Å². The van der Waals surface area contributed by atoms with E-state index in [1.807, 2.05) is 106 Å². The van der Waals surface area contributed by atoms with Crippen molar-refractivity contribution in [2.24, 2.45) is 0 Å². The molecule has 0 spiro atoms. The zero-order chi connectivity index (χ0) is 30.7. The molecular formula is C32H27N10NaO2S. The van der Waals surface area contributed by atoms with Gasteiger partial charge in [0.1, 0.15) is 35.3 Å². The minimum Gasteiger partial charge on any atom is -1.00 e. The Bertz CT molecular complexity index is 1950. The van der Waals surface area contributed by atoms with Crippen molar-refractivity contribution in [3.05, 3.63) is 135 Å². The Labute approximate surface area is 292 Å². The van der Waals surface area contributed by atoms with Gasteiger partial charge in [0.2, 0.25) is 11.1 Å². The first-order valence-corrected chi connectivity index (χ1v) is 14.4. The second-order valence-electron chi connectivity index (χ2n) is 9.09. The molecule has 0 saturated carbocycles. The van der Waals surface area contributed by atoms with Crippen molar-refractivity contribution in [1.29, 1.82) is 0 Å². The van der Waals surface area contributed by atoms with E-state index in [1.165, 1.54) is 7.11 Å². The van der Waals surface area contributed by atoms with E-state index in [-0.39, 0.29) is 31.0 Å². The Morgan fingerprint density at radius 2 is 1.20 bits per heavy atom. The number of benzene rings is 2. The zero-order valence-electron chi connectivity index (χ0n) is 26.0. The summed E-state index contributed by atoms with van der Waals surface area (Å²) >= 11 is 0.955. The summed E-state index contributed by atoms with van der Waals surface area (Å²) in [5, 5.41) is 3.63. The maximum atomic E-state index is 4.77. The van der Waals surface area contributed by atoms with Gasteiger partial charge >= 0.3 is 29.6 Å². The SMILES string of the molecule is COOSc1nccc(-n2ccnc2-c2ccccc2)n1.[H-].[Na+].c1ccc(-c2nccn2-c2ccnc(Nc3ccncc3)n2)cc1. The number of hydrogen-bond donors (Lipinski definition) is 1. The molecule has 5 aromatic heterocycles. The van der Waals surface area contributed by atoms with Gasteiger partial charge in [0.15, 0.2) is 0 Å². The fourth-order valence-corrected chi connectivity index (χ4v) is 4.62. The van der Waals surface area contributed by atoms with E-state index in [9.17, 15) is 0 Å². The number of rotatable bonds is 9. The molecule has 0 unspecified atom stereocenters. The molecule has 0 aliphatic carbocycles.